The van der Waals surface area contributed by atoms with E-state index in [1.165, 1.54) is 85.3 Å². The van der Waals surface area contributed by atoms with Crippen LogP contribution < -0.4 is 0 Å². The Labute approximate surface area is 458 Å². The van der Waals surface area contributed by atoms with E-state index < -0.39 is 197 Å². The summed E-state index contributed by atoms with van der Waals surface area (Å²) in [6, 6.07) is 0. The maximum absolute atomic E-state index is 11.5. The van der Waals surface area contributed by atoms with Gasteiger partial charge in [-0.15, -0.1) is 0 Å². The fourth-order valence-corrected chi connectivity index (χ4v) is 11.1. The van der Waals surface area contributed by atoms with Gasteiger partial charge in [0.25, 0.3) is 0 Å². The summed E-state index contributed by atoms with van der Waals surface area (Å²) >= 11 is 0. The van der Waals surface area contributed by atoms with Gasteiger partial charge in [0.05, 0.1) is 39.6 Å². The Morgan fingerprint density at radius 3 is 0.861 bits per heavy atom. The van der Waals surface area contributed by atoms with E-state index in [2.05, 4.69) is 0 Å². The van der Waals surface area contributed by atoms with Crippen molar-refractivity contribution < 1.29 is 150 Å². The number of methoxy groups -OCH3 is 12. The lowest BCUT2D eigenvalue weighted by Crippen LogP contribution is -2.69. The fourth-order valence-electron chi connectivity index (χ4n) is 11.1. The third-order valence-corrected chi connectivity index (χ3v) is 15.0. The van der Waals surface area contributed by atoms with E-state index in [4.69, 9.17) is 109 Å². The quantitative estimate of drug-likeness (QED) is 0.0361. The van der Waals surface area contributed by atoms with Gasteiger partial charge in [0, 0.05) is 85.3 Å². The molecule has 6 rings (SSSR count). The Morgan fingerprint density at radius 2 is 0.532 bits per heavy atom. The SMILES string of the molecule is COC[C@H]1OC(O)[C@H](OC)[C@@H](OC)[C@@H]1OC1O[C@H](COC)[C@@H](OC2O[C@H](COC)[C@@H](OC3O[C@H](COC)[C@@H](O[C@@H]4O[C@H](CO)[C@@H](O[C@@H]5O[C@H](CO)[C@@H](O)[C@H](O)[C@H]5O)[C@H](O)[C@H]4O)[C@H](OC)[C@H]3OC)[C@H](OC)[C@H]2OC)[C@H](OC)[C@H]1OC. The molecule has 30 atom stereocenters. The lowest BCUT2D eigenvalue weighted by Gasteiger charge is -2.52. The lowest BCUT2D eigenvalue weighted by atomic mass is 9.94. The number of hydrogen-bond donors (Lipinski definition) is 8. The van der Waals surface area contributed by atoms with E-state index in [0.717, 1.165) is 0 Å². The van der Waals surface area contributed by atoms with Crippen LogP contribution >= 0.6 is 0 Å². The molecule has 0 amide bonds. The molecule has 0 aromatic carbocycles. The molecular weight excluding hydrogens is 1070 g/mol. The van der Waals surface area contributed by atoms with E-state index in [9.17, 15) is 40.9 Å². The van der Waals surface area contributed by atoms with Crippen molar-refractivity contribution in [1.29, 1.82) is 0 Å². The largest absolute Gasteiger partial charge is 0.394 e. The lowest BCUT2D eigenvalue weighted by molar-refractivity contribution is -0.400. The molecule has 464 valence electrons. The third kappa shape index (κ3) is 14.7. The molecule has 79 heavy (non-hydrogen) atoms. The first-order valence-corrected chi connectivity index (χ1v) is 25.8. The summed E-state index contributed by atoms with van der Waals surface area (Å²) in [5.74, 6) is 0. The van der Waals surface area contributed by atoms with Gasteiger partial charge in [0.2, 0.25) is 0 Å². The van der Waals surface area contributed by atoms with Gasteiger partial charge >= 0.3 is 0 Å². The standard InChI is InChI=1S/C48H86O31/c1-57-15-21-31(35(61-5)39(65-9)43(56)69-21)77-46-41(67-11)37(63-7)33(23(73-46)17-59-3)79-48-42(68-12)38(64-8)34(24(74-48)18-60-4)78-47-40(66-10)36(62-6)32(22(72-47)16-58-2)76-45-29(55)27(53)30(20(14-50)71-45)75-44-28(54)26(52)25(51)19(13-49)70-44/h19-56H,13-18H2,1-12H3/t19-,20-,21-,22-,23-,24-,25-,26+,27-,28-,29-,30-,31-,32-,33-,34-,35+,36+,37+,38+,39-,40-,41-,42-,43?,44+,45+,46?,47?,48?/m1/s1. The number of hydrogen-bond acceptors (Lipinski definition) is 31. The van der Waals surface area contributed by atoms with E-state index in [1.54, 1.807) is 0 Å². The van der Waals surface area contributed by atoms with Crippen molar-refractivity contribution >= 4 is 0 Å². The fraction of sp³-hybridized carbons (Fsp3) is 1.00. The smallest absolute Gasteiger partial charge is 0.187 e. The van der Waals surface area contributed by atoms with Gasteiger partial charge in [0.15, 0.2) is 37.7 Å². The molecule has 8 N–H and O–H groups in total. The highest BCUT2D eigenvalue weighted by Gasteiger charge is 2.59. The Balaban J connectivity index is 1.20. The van der Waals surface area contributed by atoms with Crippen LogP contribution in [0.4, 0.5) is 0 Å². The highest BCUT2D eigenvalue weighted by atomic mass is 16.8. The summed E-state index contributed by atoms with van der Waals surface area (Å²) in [6.45, 7) is -1.86. The molecule has 4 unspecified atom stereocenters. The first-order chi connectivity index (χ1) is 38.1. The van der Waals surface area contributed by atoms with Gasteiger partial charge in [-0.1, -0.05) is 0 Å². The third-order valence-electron chi connectivity index (χ3n) is 15.0. The zero-order valence-corrected chi connectivity index (χ0v) is 46.5. The molecule has 6 heterocycles. The Hall–Kier alpha value is -1.24. The molecule has 6 aliphatic rings. The van der Waals surface area contributed by atoms with Crippen LogP contribution in [0.15, 0.2) is 0 Å². The van der Waals surface area contributed by atoms with Crippen LogP contribution in [-0.2, 0) is 109 Å². The van der Waals surface area contributed by atoms with E-state index in [1.807, 2.05) is 0 Å². The van der Waals surface area contributed by atoms with Gasteiger partial charge in [-0.3, -0.25) is 0 Å². The van der Waals surface area contributed by atoms with Crippen molar-refractivity contribution in [2.24, 2.45) is 0 Å². The predicted octanol–water partition coefficient (Wildman–Crippen LogP) is -6.25. The summed E-state index contributed by atoms with van der Waals surface area (Å²) in [5.41, 5.74) is 0. The molecule has 0 radical (unpaired) electrons. The maximum Gasteiger partial charge on any atom is 0.187 e. The van der Waals surface area contributed by atoms with Gasteiger partial charge in [0.1, 0.15) is 146 Å². The van der Waals surface area contributed by atoms with Gasteiger partial charge in [-0.2, -0.15) is 0 Å². The van der Waals surface area contributed by atoms with Crippen molar-refractivity contribution in [2.45, 2.75) is 184 Å². The Bertz CT molecular complexity index is 1710. The predicted molar refractivity (Wildman–Crippen MR) is 257 cm³/mol. The first-order valence-electron chi connectivity index (χ1n) is 25.8. The molecule has 31 nitrogen and oxygen atoms in total. The second-order valence-corrected chi connectivity index (χ2v) is 19.5. The minimum atomic E-state index is -1.90. The Morgan fingerprint density at radius 1 is 0.253 bits per heavy atom. The van der Waals surface area contributed by atoms with Gasteiger partial charge in [-0.05, 0) is 0 Å². The number of aliphatic hydroxyl groups excluding tert-OH is 8. The number of aliphatic hydroxyl groups is 8. The van der Waals surface area contributed by atoms with E-state index >= 15 is 0 Å². The van der Waals surface area contributed by atoms with Crippen LogP contribution in [0.25, 0.3) is 0 Å². The van der Waals surface area contributed by atoms with Gasteiger partial charge < -0.3 is 150 Å². The van der Waals surface area contributed by atoms with Crippen LogP contribution in [0, 0.1) is 0 Å². The molecule has 0 aromatic rings. The van der Waals surface area contributed by atoms with Crippen molar-refractivity contribution in [3.05, 3.63) is 0 Å². The monoisotopic (exact) mass is 1160 g/mol. The van der Waals surface area contributed by atoms with Crippen molar-refractivity contribution in [2.75, 3.05) is 125 Å². The zero-order valence-electron chi connectivity index (χ0n) is 46.5. The summed E-state index contributed by atoms with van der Waals surface area (Å²) in [6.07, 6.45) is -38.1. The Kier molecular flexibility index (Phi) is 26.9. The van der Waals surface area contributed by atoms with Crippen LogP contribution in [0.1, 0.15) is 0 Å². The van der Waals surface area contributed by atoms with Crippen LogP contribution in [0.5, 0.6) is 0 Å². The molecule has 0 aliphatic carbocycles. The zero-order chi connectivity index (χ0) is 57.8. The molecule has 0 bridgehead atoms. The summed E-state index contributed by atoms with van der Waals surface area (Å²) in [7, 11) is 17.2. The first kappa shape index (κ1) is 66.9. The molecule has 0 saturated carbocycles. The molecule has 0 spiro atoms. The summed E-state index contributed by atoms with van der Waals surface area (Å²) in [5, 5.41) is 84.9. The average Bonchev–Trinajstić information content (AvgIpc) is 3.44. The van der Waals surface area contributed by atoms with Crippen molar-refractivity contribution in [3.8, 4) is 0 Å². The molecule has 6 fully saturated rings. The van der Waals surface area contributed by atoms with Crippen molar-refractivity contribution in [3.63, 3.8) is 0 Å². The van der Waals surface area contributed by atoms with Crippen LogP contribution in [0.2, 0.25) is 0 Å². The van der Waals surface area contributed by atoms with Crippen LogP contribution in [-0.4, -0.2) is 350 Å². The maximum atomic E-state index is 11.5. The molecule has 6 saturated heterocycles. The molecule has 31 heteroatoms. The average molecular weight is 1160 g/mol. The minimum absolute atomic E-state index is 0.0166. The van der Waals surface area contributed by atoms with Crippen LogP contribution in [0.3, 0.4) is 0 Å². The van der Waals surface area contributed by atoms with Crippen molar-refractivity contribution in [1.82, 2.24) is 0 Å². The number of rotatable bonds is 28. The molecule has 6 aliphatic heterocycles. The molecule has 0 aromatic heterocycles. The second kappa shape index (κ2) is 31.8. The second-order valence-electron chi connectivity index (χ2n) is 19.5. The van der Waals surface area contributed by atoms with E-state index in [-0.39, 0.29) is 26.4 Å². The van der Waals surface area contributed by atoms with Gasteiger partial charge in [-0.25, -0.2) is 0 Å². The topological polar surface area (TPSA) is 374 Å². The van der Waals surface area contributed by atoms with E-state index in [0.29, 0.717) is 0 Å². The highest BCUT2D eigenvalue weighted by molar-refractivity contribution is 5.02. The molecular formula is C48H86O31. The highest BCUT2D eigenvalue weighted by Crippen LogP contribution is 2.40. The normalized spacial score (nSPS) is 47.1. The number of ether oxygens (including phenoxy) is 23. The summed E-state index contributed by atoms with van der Waals surface area (Å²) in [4.78, 5) is 0. The minimum Gasteiger partial charge on any atom is -0.394 e. The summed E-state index contributed by atoms with van der Waals surface area (Å²) < 4.78 is 139.